The summed E-state index contributed by atoms with van der Waals surface area (Å²) in [6.45, 7) is 6.37. The largest absolute Gasteiger partial charge is 0.462 e. The lowest BCUT2D eigenvalue weighted by molar-refractivity contribution is -0.166. The molecule has 0 aliphatic rings. The lowest BCUT2D eigenvalue weighted by Gasteiger charge is -2.18. The van der Waals surface area contributed by atoms with E-state index in [0.29, 0.717) is 12.8 Å². The van der Waals surface area contributed by atoms with Gasteiger partial charge in [0.25, 0.3) is 0 Å². The number of carbonyl (C=O) groups excluding carboxylic acids is 3. The van der Waals surface area contributed by atoms with Gasteiger partial charge in [-0.2, -0.15) is 0 Å². The summed E-state index contributed by atoms with van der Waals surface area (Å²) in [4.78, 5) is 37.7. The molecule has 0 fully saturated rings. The first-order valence-electron chi connectivity index (χ1n) is 24.4. The van der Waals surface area contributed by atoms with E-state index in [2.05, 4.69) is 81.5 Å². The van der Waals surface area contributed by atoms with E-state index >= 15 is 0 Å². The van der Waals surface area contributed by atoms with Crippen LogP contribution in [0.3, 0.4) is 0 Å². The molecule has 0 aromatic carbocycles. The van der Waals surface area contributed by atoms with Gasteiger partial charge in [-0.3, -0.25) is 14.4 Å². The van der Waals surface area contributed by atoms with Crippen molar-refractivity contribution in [2.45, 2.75) is 232 Å². The van der Waals surface area contributed by atoms with Gasteiger partial charge in [0.1, 0.15) is 13.2 Å². The van der Waals surface area contributed by atoms with Gasteiger partial charge in [0.05, 0.1) is 6.42 Å². The first-order chi connectivity index (χ1) is 29.0. The maximum absolute atomic E-state index is 12.7. The Morgan fingerprint density at radius 2 is 0.729 bits per heavy atom. The minimum Gasteiger partial charge on any atom is -0.462 e. The van der Waals surface area contributed by atoms with Gasteiger partial charge < -0.3 is 14.2 Å². The van der Waals surface area contributed by atoms with Crippen LogP contribution in [0, 0.1) is 0 Å². The van der Waals surface area contributed by atoms with E-state index in [-0.39, 0.29) is 31.6 Å². The Bertz CT molecular complexity index is 1130. The number of rotatable bonds is 43. The number of carbonyl (C=O) groups is 3. The third-order valence-electron chi connectivity index (χ3n) is 10.2. The van der Waals surface area contributed by atoms with Crippen LogP contribution in [0.4, 0.5) is 0 Å². The molecule has 0 aromatic rings. The number of esters is 3. The molecule has 0 aliphatic heterocycles. The number of hydrogen-bond acceptors (Lipinski definition) is 6. The van der Waals surface area contributed by atoms with Crippen LogP contribution >= 0.6 is 0 Å². The summed E-state index contributed by atoms with van der Waals surface area (Å²) in [5.74, 6) is -1.05. The van der Waals surface area contributed by atoms with Crippen LogP contribution < -0.4 is 0 Å². The van der Waals surface area contributed by atoms with Crippen LogP contribution in [0.15, 0.2) is 72.9 Å². The lowest BCUT2D eigenvalue weighted by atomic mass is 10.1. The summed E-state index contributed by atoms with van der Waals surface area (Å²) >= 11 is 0. The summed E-state index contributed by atoms with van der Waals surface area (Å²) in [6, 6.07) is 0. The van der Waals surface area contributed by atoms with E-state index in [0.717, 1.165) is 70.6 Å². The highest BCUT2D eigenvalue weighted by molar-refractivity contribution is 5.72. The SMILES string of the molecule is CC/C=C\C/C=C\C/C=C\CC(=O)OCC(COC(=O)CCCCCCCCC/C=C\C/C=C\CCCCC)OC(=O)CCCCCCCCC/C=C\CCCCCC. The molecule has 0 rings (SSSR count). The fourth-order valence-corrected chi connectivity index (χ4v) is 6.53. The van der Waals surface area contributed by atoms with Gasteiger partial charge in [-0.25, -0.2) is 0 Å². The first-order valence-corrected chi connectivity index (χ1v) is 24.4. The van der Waals surface area contributed by atoms with Crippen LogP contribution in [0.5, 0.6) is 0 Å². The van der Waals surface area contributed by atoms with Crippen LogP contribution in [-0.4, -0.2) is 37.2 Å². The second kappa shape index (κ2) is 47.5. The summed E-state index contributed by atoms with van der Waals surface area (Å²) < 4.78 is 16.6. The van der Waals surface area contributed by atoms with Crippen LogP contribution in [0.2, 0.25) is 0 Å². The maximum Gasteiger partial charge on any atom is 0.309 e. The minimum absolute atomic E-state index is 0.108. The van der Waals surface area contributed by atoms with E-state index in [1.54, 1.807) is 6.08 Å². The fraction of sp³-hybridized carbons (Fsp3) is 0.717. The number of unbranched alkanes of at least 4 members (excludes halogenated alkanes) is 21. The van der Waals surface area contributed by atoms with Crippen molar-refractivity contribution in [2.75, 3.05) is 13.2 Å². The minimum atomic E-state index is -0.814. The maximum atomic E-state index is 12.7. The zero-order chi connectivity index (χ0) is 43.0. The Morgan fingerprint density at radius 3 is 1.24 bits per heavy atom. The van der Waals surface area contributed by atoms with E-state index in [1.807, 2.05) is 6.08 Å². The van der Waals surface area contributed by atoms with Gasteiger partial charge in [0.2, 0.25) is 0 Å². The van der Waals surface area contributed by atoms with E-state index < -0.39 is 12.1 Å². The van der Waals surface area contributed by atoms with E-state index in [9.17, 15) is 14.4 Å². The quantitative estimate of drug-likeness (QED) is 0.0264. The first kappa shape index (κ1) is 55.9. The molecule has 0 aliphatic carbocycles. The molecule has 0 N–H and O–H groups in total. The second-order valence-electron chi connectivity index (χ2n) is 16.0. The fourth-order valence-electron chi connectivity index (χ4n) is 6.53. The molecular weight excluding hydrogens is 733 g/mol. The summed E-state index contributed by atoms with van der Waals surface area (Å²) in [7, 11) is 0. The van der Waals surface area contributed by atoms with Crippen LogP contribution in [0.1, 0.15) is 226 Å². The van der Waals surface area contributed by atoms with Crippen LogP contribution in [-0.2, 0) is 28.6 Å². The van der Waals surface area contributed by atoms with Crippen molar-refractivity contribution < 1.29 is 28.6 Å². The molecule has 0 heterocycles. The Morgan fingerprint density at radius 1 is 0.373 bits per heavy atom. The molecule has 0 saturated heterocycles. The molecule has 6 nitrogen and oxygen atoms in total. The highest BCUT2D eigenvalue weighted by Gasteiger charge is 2.19. The van der Waals surface area contributed by atoms with Crippen molar-refractivity contribution in [1.82, 2.24) is 0 Å². The molecule has 0 bridgehead atoms. The van der Waals surface area contributed by atoms with Crippen molar-refractivity contribution in [3.8, 4) is 0 Å². The summed E-state index contributed by atoms with van der Waals surface area (Å²) in [6.07, 6.45) is 59.2. The topological polar surface area (TPSA) is 78.9 Å². The average molecular weight is 823 g/mol. The lowest BCUT2D eigenvalue weighted by Crippen LogP contribution is -2.30. The van der Waals surface area contributed by atoms with Crippen molar-refractivity contribution in [2.24, 2.45) is 0 Å². The molecule has 0 amide bonds. The molecule has 0 spiro atoms. The molecule has 0 saturated carbocycles. The number of allylic oxidation sites excluding steroid dienone is 11. The molecule has 0 radical (unpaired) electrons. The zero-order valence-electron chi connectivity index (χ0n) is 38.5. The van der Waals surface area contributed by atoms with Gasteiger partial charge >= 0.3 is 17.9 Å². The molecule has 1 atom stereocenters. The van der Waals surface area contributed by atoms with E-state index in [1.165, 1.54) is 116 Å². The molecule has 0 aromatic heterocycles. The Labute approximate surface area is 363 Å². The van der Waals surface area contributed by atoms with Gasteiger partial charge in [0.15, 0.2) is 6.10 Å². The third-order valence-corrected chi connectivity index (χ3v) is 10.2. The van der Waals surface area contributed by atoms with Gasteiger partial charge in [-0.15, -0.1) is 0 Å². The normalized spacial score (nSPS) is 12.7. The molecule has 59 heavy (non-hydrogen) atoms. The Hall–Kier alpha value is -3.15. The smallest absolute Gasteiger partial charge is 0.309 e. The summed E-state index contributed by atoms with van der Waals surface area (Å²) in [5.41, 5.74) is 0. The Kier molecular flexibility index (Phi) is 45.0. The average Bonchev–Trinajstić information content (AvgIpc) is 3.23. The predicted molar refractivity (Wildman–Crippen MR) is 251 cm³/mol. The molecule has 6 heteroatoms. The monoisotopic (exact) mass is 823 g/mol. The van der Waals surface area contributed by atoms with Crippen molar-refractivity contribution in [3.63, 3.8) is 0 Å². The highest BCUT2D eigenvalue weighted by atomic mass is 16.6. The van der Waals surface area contributed by atoms with Crippen molar-refractivity contribution in [1.29, 1.82) is 0 Å². The van der Waals surface area contributed by atoms with Gasteiger partial charge in [-0.05, 0) is 89.9 Å². The molecule has 338 valence electrons. The summed E-state index contributed by atoms with van der Waals surface area (Å²) in [5, 5.41) is 0. The number of ether oxygens (including phenoxy) is 3. The standard InChI is InChI=1S/C53H90O6/c1-4-7-10-13-16-19-21-23-25-26-28-29-31-34-37-40-43-46-52(55)58-49-50(48-57-51(54)45-42-39-36-33-18-15-12-9-6-3)59-53(56)47-44-41-38-35-32-30-27-24-22-20-17-14-11-8-5-2/h9,12,16,18-20,22-23,25,33,39,42,50H,4-8,10-11,13-15,17,21,24,26-32,34-38,40-41,43-49H2,1-3H3/b12-9-,19-16-,22-20-,25-23-,33-18-,42-39-. The zero-order valence-corrected chi connectivity index (χ0v) is 38.5. The second-order valence-corrected chi connectivity index (χ2v) is 16.0. The highest BCUT2D eigenvalue weighted by Crippen LogP contribution is 2.14. The van der Waals surface area contributed by atoms with Crippen LogP contribution in [0.25, 0.3) is 0 Å². The van der Waals surface area contributed by atoms with Gasteiger partial charge in [-0.1, -0.05) is 190 Å². The van der Waals surface area contributed by atoms with Gasteiger partial charge in [0, 0.05) is 12.8 Å². The molecular formula is C53H90O6. The molecule has 1 unspecified atom stereocenters. The Balaban J connectivity index is 4.40. The van der Waals surface area contributed by atoms with Crippen molar-refractivity contribution >= 4 is 17.9 Å². The third kappa shape index (κ3) is 45.8. The number of hydrogen-bond donors (Lipinski definition) is 0. The van der Waals surface area contributed by atoms with E-state index in [4.69, 9.17) is 14.2 Å². The predicted octanol–water partition coefficient (Wildman–Crippen LogP) is 15.9. The van der Waals surface area contributed by atoms with Crippen molar-refractivity contribution in [3.05, 3.63) is 72.9 Å².